The maximum absolute atomic E-state index is 15.0. The Labute approximate surface area is 324 Å². The molecule has 0 aromatic rings. The fourth-order valence-electron chi connectivity index (χ4n) is 11.5. The Morgan fingerprint density at radius 3 is 2.26 bits per heavy atom. The number of rotatable bonds is 10. The number of allylic oxidation sites excluding steroid dienone is 3. The van der Waals surface area contributed by atoms with E-state index in [2.05, 4.69) is 51.6 Å². The average Bonchev–Trinajstić information content (AvgIpc) is 3.70. The molecule has 5 fully saturated rings. The first-order valence-corrected chi connectivity index (χ1v) is 20.8. The largest absolute Gasteiger partial charge is 0.462 e. The summed E-state index contributed by atoms with van der Waals surface area (Å²) in [5, 5.41) is 0. The van der Waals surface area contributed by atoms with Crippen LogP contribution in [-0.2, 0) is 47.5 Å². The zero-order valence-electron chi connectivity index (χ0n) is 34.3. The molecule has 3 saturated heterocycles. The van der Waals surface area contributed by atoms with Crippen LogP contribution in [-0.4, -0.2) is 120 Å². The molecule has 3 aliphatic carbocycles. The van der Waals surface area contributed by atoms with Crippen molar-refractivity contribution in [3.05, 3.63) is 24.8 Å². The van der Waals surface area contributed by atoms with Gasteiger partial charge in [0.1, 0.15) is 30.2 Å². The molecule has 0 N–H and O–H groups in total. The highest BCUT2D eigenvalue weighted by atomic mass is 16.7. The van der Waals surface area contributed by atoms with Crippen LogP contribution in [0.15, 0.2) is 24.8 Å². The molecule has 3 heterocycles. The van der Waals surface area contributed by atoms with Gasteiger partial charge in [-0.25, -0.2) is 0 Å². The van der Waals surface area contributed by atoms with Gasteiger partial charge in [0.25, 0.3) is 0 Å². The summed E-state index contributed by atoms with van der Waals surface area (Å²) < 4.78 is 49.9. The summed E-state index contributed by atoms with van der Waals surface area (Å²) in [5.74, 6) is -0.291. The van der Waals surface area contributed by atoms with Crippen molar-refractivity contribution < 1.29 is 47.5 Å². The highest BCUT2D eigenvalue weighted by molar-refractivity contribution is 5.86. The maximum atomic E-state index is 15.0. The molecule has 11 heteroatoms. The van der Waals surface area contributed by atoms with Crippen LogP contribution in [0.3, 0.4) is 0 Å². The minimum atomic E-state index is -0.606. The number of likely N-dealkylation sites (N-methyl/N-ethyl adjacent to an activating group) is 1. The monoisotopic (exact) mass is 759 g/mol. The quantitative estimate of drug-likeness (QED) is 0.194. The van der Waals surface area contributed by atoms with Gasteiger partial charge in [0.2, 0.25) is 0 Å². The van der Waals surface area contributed by atoms with Gasteiger partial charge < -0.3 is 42.8 Å². The van der Waals surface area contributed by atoms with E-state index in [4.69, 9.17) is 37.9 Å². The Bertz CT molecular complexity index is 1310. The molecule has 6 unspecified atom stereocenters. The average molecular weight is 760 g/mol. The van der Waals surface area contributed by atoms with Gasteiger partial charge >= 0.3 is 5.97 Å². The molecule has 2 saturated carbocycles. The minimum absolute atomic E-state index is 0.0310. The summed E-state index contributed by atoms with van der Waals surface area (Å²) in [6.07, 6.45) is 10.6. The predicted octanol–water partition coefficient (Wildman–Crippen LogP) is 5.98. The standard InChI is InChI=1S/C43H69NO10/c1-11-27-14-13-15-34(54-36-19-18-33(44(6)7)24(4)50-36)23(3)39(46)38-29(12-2)37-30(32(38)22-35(45)52-27)17-16-26-20-28(21-31(26)37)53-43-42(49-10)41(48-9)40(47-8)25(5)51-43/h12,16-17,23-34,36-38,40-43H,2,11,13-15,18-22H2,1,3-10H3/t23-,24?,25?,26-,27+,28-,29?,30+,31-,32+,33+,34+,36+,37-,38?,40+,41?,42?,43+/m1/s1. The maximum Gasteiger partial charge on any atom is 0.306 e. The molecule has 0 aromatic carbocycles. The molecule has 6 rings (SSSR count). The first-order valence-electron chi connectivity index (χ1n) is 20.8. The van der Waals surface area contributed by atoms with E-state index >= 15 is 4.79 Å². The second kappa shape index (κ2) is 18.3. The third-order valence-corrected chi connectivity index (χ3v) is 14.2. The van der Waals surface area contributed by atoms with Crippen molar-refractivity contribution in [2.75, 3.05) is 35.4 Å². The summed E-state index contributed by atoms with van der Waals surface area (Å²) in [7, 11) is 9.16. The van der Waals surface area contributed by atoms with Gasteiger partial charge in [0.05, 0.1) is 24.4 Å². The minimum Gasteiger partial charge on any atom is -0.462 e. The highest BCUT2D eigenvalue weighted by Crippen LogP contribution is 2.60. The number of hydrogen-bond acceptors (Lipinski definition) is 11. The molecule has 6 aliphatic rings. The number of methoxy groups -OCH3 is 3. The number of ketones is 1. The fraction of sp³-hybridized carbons (Fsp3) is 0.860. The van der Waals surface area contributed by atoms with Crippen LogP contribution in [0.5, 0.6) is 0 Å². The number of fused-ring (bicyclic) bond motifs is 5. The zero-order chi connectivity index (χ0) is 38.8. The van der Waals surface area contributed by atoms with Gasteiger partial charge in [0.15, 0.2) is 12.6 Å². The molecular weight excluding hydrogens is 690 g/mol. The predicted molar refractivity (Wildman–Crippen MR) is 203 cm³/mol. The van der Waals surface area contributed by atoms with Gasteiger partial charge in [-0.2, -0.15) is 0 Å². The number of cyclic esters (lactones) is 1. The van der Waals surface area contributed by atoms with Crippen LogP contribution in [0.2, 0.25) is 0 Å². The molecule has 19 atom stereocenters. The lowest BCUT2D eigenvalue weighted by molar-refractivity contribution is -0.314. The highest BCUT2D eigenvalue weighted by Gasteiger charge is 2.59. The fourth-order valence-corrected chi connectivity index (χ4v) is 11.5. The summed E-state index contributed by atoms with van der Waals surface area (Å²) in [4.78, 5) is 31.0. The van der Waals surface area contributed by atoms with E-state index in [1.54, 1.807) is 21.3 Å². The van der Waals surface area contributed by atoms with Crippen LogP contribution in [0.4, 0.5) is 0 Å². The van der Waals surface area contributed by atoms with E-state index in [0.717, 1.165) is 44.9 Å². The molecular formula is C43H69NO10. The SMILES string of the molecule is C=CC1C2C(=O)[C@H](C)[C@@H](O[C@H]3CC[C@H](N(C)C)C(C)O3)CCC[C@H](CC)OC(=O)C[C@H]2[C@@H]2C=C[C@@H]3C[C@@H](O[C@@H]4OC(C)[C@H](OC)C(OC)C4OC)C[C@H]3[C@H]12. The zero-order valence-corrected chi connectivity index (χ0v) is 34.3. The Hall–Kier alpha value is -1.70. The van der Waals surface area contributed by atoms with Crippen LogP contribution >= 0.6 is 0 Å². The van der Waals surface area contributed by atoms with E-state index in [0.29, 0.717) is 12.5 Å². The molecule has 0 radical (unpaired) electrons. The van der Waals surface area contributed by atoms with E-state index in [9.17, 15) is 4.79 Å². The molecule has 306 valence electrons. The number of carbonyl (C=O) groups excluding carboxylic acids is 2. The Morgan fingerprint density at radius 1 is 0.870 bits per heavy atom. The van der Waals surface area contributed by atoms with Crippen LogP contribution in [0.1, 0.15) is 85.5 Å². The summed E-state index contributed by atoms with van der Waals surface area (Å²) in [5.41, 5.74) is 0. The molecule has 0 spiro atoms. The molecule has 0 amide bonds. The second-order valence-electron chi connectivity index (χ2n) is 17.3. The Morgan fingerprint density at radius 2 is 1.61 bits per heavy atom. The smallest absolute Gasteiger partial charge is 0.306 e. The molecule has 0 aromatic heterocycles. The van der Waals surface area contributed by atoms with E-state index in [-0.39, 0.29) is 115 Å². The van der Waals surface area contributed by atoms with Crippen LogP contribution in [0, 0.1) is 47.3 Å². The van der Waals surface area contributed by atoms with E-state index < -0.39 is 12.4 Å². The Kier molecular flexibility index (Phi) is 14.2. The topological polar surface area (TPSA) is 111 Å². The second-order valence-corrected chi connectivity index (χ2v) is 17.3. The van der Waals surface area contributed by atoms with Crippen LogP contribution in [0.25, 0.3) is 0 Å². The number of carbonyl (C=O) groups is 2. The van der Waals surface area contributed by atoms with Gasteiger partial charge in [-0.15, -0.1) is 6.58 Å². The van der Waals surface area contributed by atoms with Gasteiger partial charge in [-0.3, -0.25) is 9.59 Å². The van der Waals surface area contributed by atoms with Crippen molar-refractivity contribution in [2.24, 2.45) is 47.3 Å². The van der Waals surface area contributed by atoms with Crippen molar-refractivity contribution in [1.82, 2.24) is 4.90 Å². The lowest BCUT2D eigenvalue weighted by atomic mass is 9.69. The third-order valence-electron chi connectivity index (χ3n) is 14.2. The third kappa shape index (κ3) is 8.45. The molecule has 0 bridgehead atoms. The first kappa shape index (κ1) is 41.9. The molecule has 54 heavy (non-hydrogen) atoms. The molecule has 11 nitrogen and oxygen atoms in total. The summed E-state index contributed by atoms with van der Waals surface area (Å²) in [6.45, 7) is 12.6. The Balaban J connectivity index is 1.23. The van der Waals surface area contributed by atoms with E-state index in [1.165, 1.54) is 0 Å². The van der Waals surface area contributed by atoms with Crippen molar-refractivity contribution in [3.8, 4) is 0 Å². The van der Waals surface area contributed by atoms with Gasteiger partial charge in [-0.05, 0) is 115 Å². The van der Waals surface area contributed by atoms with Crippen molar-refractivity contribution >= 4 is 11.8 Å². The molecule has 3 aliphatic heterocycles. The number of hydrogen-bond donors (Lipinski definition) is 0. The van der Waals surface area contributed by atoms with Gasteiger partial charge in [-0.1, -0.05) is 32.1 Å². The lowest BCUT2D eigenvalue weighted by Gasteiger charge is -2.44. The normalized spacial score (nSPS) is 47.3. The number of ether oxygens (including phenoxy) is 8. The van der Waals surface area contributed by atoms with E-state index in [1.807, 2.05) is 19.9 Å². The number of esters is 1. The van der Waals surface area contributed by atoms with Crippen molar-refractivity contribution in [2.45, 2.75) is 153 Å². The van der Waals surface area contributed by atoms with Crippen molar-refractivity contribution in [1.29, 1.82) is 0 Å². The summed E-state index contributed by atoms with van der Waals surface area (Å²) >= 11 is 0. The lowest BCUT2D eigenvalue weighted by Crippen LogP contribution is -2.59. The van der Waals surface area contributed by atoms with Crippen molar-refractivity contribution in [3.63, 3.8) is 0 Å². The summed E-state index contributed by atoms with van der Waals surface area (Å²) in [6, 6.07) is 0.332. The first-order chi connectivity index (χ1) is 25.9. The van der Waals surface area contributed by atoms with Crippen LogP contribution < -0.4 is 0 Å². The van der Waals surface area contributed by atoms with Gasteiger partial charge in [0, 0.05) is 45.6 Å². The number of nitrogens with zero attached hydrogens (tertiary/aromatic N) is 1. The number of Topliss-reactive ketones (excluding diaryl/α,β-unsaturated/α-hetero) is 1.